The van der Waals surface area contributed by atoms with Crippen LogP contribution >= 0.6 is 11.8 Å². The van der Waals surface area contributed by atoms with E-state index < -0.39 is 11.9 Å². The van der Waals surface area contributed by atoms with E-state index in [1.165, 1.54) is 18.7 Å². The lowest BCUT2D eigenvalue weighted by molar-refractivity contribution is -0.142. The van der Waals surface area contributed by atoms with Crippen molar-refractivity contribution < 1.29 is 29.0 Å². The molecule has 242 valence electrons. The first-order chi connectivity index (χ1) is 21.7. The van der Waals surface area contributed by atoms with Gasteiger partial charge in [0.15, 0.2) is 0 Å². The number of rotatable bonds is 19. The van der Waals surface area contributed by atoms with Crippen LogP contribution in [0.15, 0.2) is 77.7 Å². The predicted molar refractivity (Wildman–Crippen MR) is 180 cm³/mol. The second-order valence-electron chi connectivity index (χ2n) is 11.2. The first-order valence-corrected chi connectivity index (χ1v) is 16.7. The number of hydrogen-bond acceptors (Lipinski definition) is 6. The lowest BCUT2D eigenvalue weighted by Crippen LogP contribution is -2.35. The first kappa shape index (κ1) is 35.5. The molecule has 3 N–H and O–H groups in total. The van der Waals surface area contributed by atoms with Crippen LogP contribution in [0.25, 0.3) is 0 Å². The topological polar surface area (TPSA) is 114 Å². The lowest BCUT2D eigenvalue weighted by atomic mass is 9.87. The molecule has 8 nitrogen and oxygen atoms in total. The molecule has 3 aromatic rings. The van der Waals surface area contributed by atoms with Crippen LogP contribution in [0.3, 0.4) is 0 Å². The largest absolute Gasteiger partial charge is 0.491 e. The molecule has 0 saturated carbocycles. The van der Waals surface area contributed by atoms with E-state index in [1.54, 1.807) is 30.3 Å². The fourth-order valence-electron chi connectivity index (χ4n) is 5.00. The number of amides is 2. The highest BCUT2D eigenvalue weighted by Gasteiger charge is 2.27. The smallest absolute Gasteiger partial charge is 0.307 e. The number of anilines is 1. The van der Waals surface area contributed by atoms with Crippen molar-refractivity contribution in [3.63, 3.8) is 0 Å². The molecular formula is C36H46N2O6S. The van der Waals surface area contributed by atoms with Crippen LogP contribution in [0.2, 0.25) is 0 Å². The van der Waals surface area contributed by atoms with Gasteiger partial charge >= 0.3 is 5.97 Å². The molecule has 3 aromatic carbocycles. The normalized spacial score (nSPS) is 12.9. The zero-order valence-electron chi connectivity index (χ0n) is 26.7. The Kier molecular flexibility index (Phi) is 14.8. The molecule has 0 bridgehead atoms. The molecule has 2 unspecified atom stereocenters. The third-order valence-corrected chi connectivity index (χ3v) is 8.70. The number of carboxylic acid groups (broad SMARTS) is 1. The Balaban J connectivity index is 1.75. The minimum absolute atomic E-state index is 0.0825. The molecule has 0 fully saturated rings. The van der Waals surface area contributed by atoms with Crippen molar-refractivity contribution in [1.29, 1.82) is 0 Å². The highest BCUT2D eigenvalue weighted by atomic mass is 32.2. The summed E-state index contributed by atoms with van der Waals surface area (Å²) in [5.41, 5.74) is 2.07. The maximum absolute atomic E-state index is 13.3. The molecule has 0 aliphatic rings. The number of carbonyl (C=O) groups excluding carboxylic acids is 2. The summed E-state index contributed by atoms with van der Waals surface area (Å²) >= 11 is 1.43. The number of thioether (sulfide) groups is 1. The van der Waals surface area contributed by atoms with Gasteiger partial charge in [0.1, 0.15) is 24.7 Å². The molecule has 0 saturated heterocycles. The monoisotopic (exact) mass is 634 g/mol. The maximum atomic E-state index is 13.3. The molecule has 3 atom stereocenters. The van der Waals surface area contributed by atoms with Gasteiger partial charge in [-0.05, 0) is 67.3 Å². The second-order valence-corrected chi connectivity index (χ2v) is 12.3. The van der Waals surface area contributed by atoms with E-state index in [2.05, 4.69) is 24.5 Å². The van der Waals surface area contributed by atoms with E-state index in [9.17, 15) is 19.5 Å². The molecule has 0 aromatic heterocycles. The molecule has 9 heteroatoms. The Labute approximate surface area is 271 Å². The van der Waals surface area contributed by atoms with Crippen LogP contribution < -0.4 is 20.1 Å². The van der Waals surface area contributed by atoms with Crippen LogP contribution in [0.4, 0.5) is 5.69 Å². The van der Waals surface area contributed by atoms with Gasteiger partial charge in [-0.3, -0.25) is 14.4 Å². The van der Waals surface area contributed by atoms with Gasteiger partial charge in [-0.25, -0.2) is 0 Å². The van der Waals surface area contributed by atoms with Gasteiger partial charge in [-0.1, -0.05) is 69.9 Å². The number of hydrogen-bond donors (Lipinski definition) is 3. The van der Waals surface area contributed by atoms with Crippen LogP contribution in [0, 0.1) is 11.8 Å². The summed E-state index contributed by atoms with van der Waals surface area (Å²) < 4.78 is 11.8. The Morgan fingerprint density at radius 2 is 1.62 bits per heavy atom. The van der Waals surface area contributed by atoms with Gasteiger partial charge in [0.2, 0.25) is 5.91 Å². The first-order valence-electron chi connectivity index (χ1n) is 15.7. The van der Waals surface area contributed by atoms with Gasteiger partial charge in [-0.2, -0.15) is 0 Å². The second kappa shape index (κ2) is 18.7. The van der Waals surface area contributed by atoms with Crippen molar-refractivity contribution in [2.75, 3.05) is 17.7 Å². The van der Waals surface area contributed by atoms with Gasteiger partial charge < -0.3 is 25.2 Å². The summed E-state index contributed by atoms with van der Waals surface area (Å²) in [6.45, 7) is 8.21. The Bertz CT molecular complexity index is 1370. The number of nitrogens with one attached hydrogen (secondary N) is 2. The number of unbranched alkanes of at least 4 members (excludes halogenated alkanes) is 2. The van der Waals surface area contributed by atoms with E-state index in [0.717, 1.165) is 42.6 Å². The molecule has 0 spiro atoms. The lowest BCUT2D eigenvalue weighted by Gasteiger charge is -2.23. The van der Waals surface area contributed by atoms with Gasteiger partial charge in [0.05, 0.1) is 17.6 Å². The summed E-state index contributed by atoms with van der Waals surface area (Å²) in [7, 11) is 0. The highest BCUT2D eigenvalue weighted by molar-refractivity contribution is 7.99. The molecule has 3 rings (SSSR count). The summed E-state index contributed by atoms with van der Waals surface area (Å²) in [6.07, 6.45) is 4.89. The average Bonchev–Trinajstić information content (AvgIpc) is 3.03. The zero-order chi connectivity index (χ0) is 32.6. The minimum Gasteiger partial charge on any atom is -0.491 e. The van der Waals surface area contributed by atoms with Crippen molar-refractivity contribution in [2.45, 2.75) is 77.3 Å². The summed E-state index contributed by atoms with van der Waals surface area (Å²) in [5.74, 6) is -0.0273. The molecule has 45 heavy (non-hydrogen) atoms. The predicted octanol–water partition coefficient (Wildman–Crippen LogP) is 7.82. The SMILES string of the molecule is CCCCCC(CC)C(CSc1cc(OCc2ccccc2)ccc1NC(=O)c1ccc(OC[C@H](C)NC(C)=O)cc1)C(=O)O. The van der Waals surface area contributed by atoms with Crippen molar-refractivity contribution >= 4 is 35.2 Å². The van der Waals surface area contributed by atoms with Crippen molar-refractivity contribution in [3.8, 4) is 11.5 Å². The van der Waals surface area contributed by atoms with Crippen molar-refractivity contribution in [2.24, 2.45) is 11.8 Å². The van der Waals surface area contributed by atoms with E-state index in [-0.39, 0.29) is 23.8 Å². The molecule has 0 heterocycles. The van der Waals surface area contributed by atoms with Crippen LogP contribution in [-0.4, -0.2) is 41.3 Å². The Morgan fingerprint density at radius 3 is 2.27 bits per heavy atom. The number of benzene rings is 3. The fourth-order valence-corrected chi connectivity index (χ4v) is 6.25. The summed E-state index contributed by atoms with van der Waals surface area (Å²) in [5, 5.41) is 15.9. The number of ether oxygens (including phenoxy) is 2. The van der Waals surface area contributed by atoms with Crippen molar-refractivity contribution in [3.05, 3.63) is 83.9 Å². The van der Waals surface area contributed by atoms with E-state index in [4.69, 9.17) is 9.47 Å². The van der Waals surface area contributed by atoms with Gasteiger partial charge in [0, 0.05) is 23.1 Å². The standard InChI is InChI=1S/C36H46N2O6S/c1-5-7-9-14-28(6-2)32(36(41)42)24-45-34-21-31(44-23-27-12-10-8-11-13-27)19-20-33(34)38-35(40)29-15-17-30(18-16-29)43-22-25(3)37-26(4)39/h8,10-13,15-21,25,28,32H,5-7,9,14,22-24H2,1-4H3,(H,37,39)(H,38,40)(H,41,42)/t25-,28?,32?/m0/s1. The summed E-state index contributed by atoms with van der Waals surface area (Å²) in [4.78, 5) is 37.6. The third-order valence-electron chi connectivity index (χ3n) is 7.52. The highest BCUT2D eigenvalue weighted by Crippen LogP contribution is 2.36. The molecule has 0 aliphatic heterocycles. The molecule has 2 amide bonds. The molecule has 0 radical (unpaired) electrons. The van der Waals surface area contributed by atoms with Crippen LogP contribution in [0.1, 0.15) is 75.7 Å². The zero-order valence-corrected chi connectivity index (χ0v) is 27.5. The Morgan fingerprint density at radius 1 is 0.911 bits per heavy atom. The van der Waals surface area contributed by atoms with Crippen molar-refractivity contribution in [1.82, 2.24) is 5.32 Å². The molecular weight excluding hydrogens is 588 g/mol. The number of aliphatic carboxylic acids is 1. The summed E-state index contributed by atoms with van der Waals surface area (Å²) in [6, 6.07) is 22.0. The Hall–Kier alpha value is -3.98. The maximum Gasteiger partial charge on any atom is 0.307 e. The van der Waals surface area contributed by atoms with Gasteiger partial charge in [0.25, 0.3) is 5.91 Å². The van der Waals surface area contributed by atoms with Crippen LogP contribution in [0.5, 0.6) is 11.5 Å². The fraction of sp³-hybridized carbons (Fsp3) is 0.417. The quantitative estimate of drug-likeness (QED) is 0.0910. The van der Waals surface area contributed by atoms with E-state index in [0.29, 0.717) is 41.7 Å². The molecule has 0 aliphatic carbocycles. The minimum atomic E-state index is -0.790. The average molecular weight is 635 g/mol. The third kappa shape index (κ3) is 12.1. The van der Waals surface area contributed by atoms with Gasteiger partial charge in [-0.15, -0.1) is 11.8 Å². The van der Waals surface area contributed by atoms with E-state index >= 15 is 0 Å². The number of carboxylic acids is 1. The van der Waals surface area contributed by atoms with E-state index in [1.807, 2.05) is 49.4 Å². The van der Waals surface area contributed by atoms with Crippen LogP contribution in [-0.2, 0) is 16.2 Å². The number of carbonyl (C=O) groups is 3.